The summed E-state index contributed by atoms with van der Waals surface area (Å²) in [6, 6.07) is 10.5. The molecule has 3 aromatic rings. The van der Waals surface area contributed by atoms with Crippen molar-refractivity contribution >= 4 is 11.0 Å². The van der Waals surface area contributed by atoms with Crippen LogP contribution in [-0.2, 0) is 17.9 Å². The van der Waals surface area contributed by atoms with E-state index in [9.17, 15) is 4.39 Å². The second-order valence-electron chi connectivity index (χ2n) is 6.00. The van der Waals surface area contributed by atoms with Crippen LogP contribution in [0.5, 0.6) is 5.88 Å². The maximum atomic E-state index is 13.4. The number of benzene rings is 1. The Morgan fingerprint density at radius 2 is 2.24 bits per heavy atom. The van der Waals surface area contributed by atoms with E-state index in [1.807, 2.05) is 18.2 Å². The highest BCUT2D eigenvalue weighted by Gasteiger charge is 2.23. The maximum Gasteiger partial charge on any atom is 0.213 e. The summed E-state index contributed by atoms with van der Waals surface area (Å²) in [5.74, 6) is 1.16. The Morgan fingerprint density at radius 1 is 1.32 bits per heavy atom. The average molecular weight is 342 g/mol. The van der Waals surface area contributed by atoms with E-state index in [0.29, 0.717) is 37.7 Å². The summed E-state index contributed by atoms with van der Waals surface area (Å²) in [6.07, 6.45) is 0. The summed E-state index contributed by atoms with van der Waals surface area (Å²) >= 11 is 0. The molecule has 7 heteroatoms. The van der Waals surface area contributed by atoms with E-state index in [1.54, 1.807) is 13.2 Å². The van der Waals surface area contributed by atoms with Crippen molar-refractivity contribution in [1.29, 1.82) is 0 Å². The van der Waals surface area contributed by atoms with Crippen LogP contribution in [0.3, 0.4) is 0 Å². The van der Waals surface area contributed by atoms with Crippen molar-refractivity contribution in [1.82, 2.24) is 19.9 Å². The predicted octanol–water partition coefficient (Wildman–Crippen LogP) is 2.44. The zero-order valence-corrected chi connectivity index (χ0v) is 13.9. The van der Waals surface area contributed by atoms with Crippen LogP contribution in [0.15, 0.2) is 36.4 Å². The van der Waals surface area contributed by atoms with E-state index in [0.717, 1.165) is 17.0 Å². The summed E-state index contributed by atoms with van der Waals surface area (Å²) in [4.78, 5) is 8.89. The highest BCUT2D eigenvalue weighted by molar-refractivity contribution is 5.76. The Hall–Kier alpha value is -2.51. The van der Waals surface area contributed by atoms with Gasteiger partial charge in [0.1, 0.15) is 18.2 Å². The third-order valence-electron chi connectivity index (χ3n) is 4.31. The van der Waals surface area contributed by atoms with Gasteiger partial charge in [-0.05, 0) is 18.2 Å². The maximum absolute atomic E-state index is 13.4. The Labute approximate surface area is 144 Å². The topological polar surface area (TPSA) is 61.2 Å². The van der Waals surface area contributed by atoms with Gasteiger partial charge in [0.2, 0.25) is 5.88 Å². The number of hydrogen-bond acceptors (Lipinski definition) is 5. The molecular formula is C18H19FN4O2. The van der Waals surface area contributed by atoms with Crippen LogP contribution in [0.4, 0.5) is 4.39 Å². The highest BCUT2D eigenvalue weighted by Crippen LogP contribution is 2.26. The SMILES string of the molecule is COc1cccc(CNC[C@H]2COCc3nc4cc(F)ccc4n32)n1. The second kappa shape index (κ2) is 6.78. The van der Waals surface area contributed by atoms with Crippen LogP contribution >= 0.6 is 0 Å². The van der Waals surface area contributed by atoms with Crippen molar-refractivity contribution < 1.29 is 13.9 Å². The predicted molar refractivity (Wildman–Crippen MR) is 90.9 cm³/mol. The van der Waals surface area contributed by atoms with E-state index < -0.39 is 0 Å². The van der Waals surface area contributed by atoms with Gasteiger partial charge >= 0.3 is 0 Å². The van der Waals surface area contributed by atoms with Crippen molar-refractivity contribution in [3.8, 4) is 5.88 Å². The third kappa shape index (κ3) is 3.20. The van der Waals surface area contributed by atoms with Gasteiger partial charge in [0.25, 0.3) is 0 Å². The largest absolute Gasteiger partial charge is 0.481 e. The molecule has 25 heavy (non-hydrogen) atoms. The van der Waals surface area contributed by atoms with Crippen LogP contribution in [0.2, 0.25) is 0 Å². The van der Waals surface area contributed by atoms with Gasteiger partial charge in [0.15, 0.2) is 0 Å². The number of rotatable bonds is 5. The number of fused-ring (bicyclic) bond motifs is 3. The second-order valence-corrected chi connectivity index (χ2v) is 6.00. The molecule has 0 amide bonds. The number of pyridine rings is 1. The lowest BCUT2D eigenvalue weighted by Gasteiger charge is -2.26. The lowest BCUT2D eigenvalue weighted by atomic mass is 10.2. The van der Waals surface area contributed by atoms with Crippen molar-refractivity contribution in [3.63, 3.8) is 0 Å². The highest BCUT2D eigenvalue weighted by atomic mass is 19.1. The van der Waals surface area contributed by atoms with Crippen LogP contribution in [-0.4, -0.2) is 34.8 Å². The summed E-state index contributed by atoms with van der Waals surface area (Å²) < 4.78 is 26.4. The first kappa shape index (κ1) is 16.0. The number of halogens is 1. The summed E-state index contributed by atoms with van der Waals surface area (Å²) in [6.45, 7) is 2.37. The van der Waals surface area contributed by atoms with Gasteiger partial charge < -0.3 is 19.4 Å². The zero-order chi connectivity index (χ0) is 17.2. The lowest BCUT2D eigenvalue weighted by Crippen LogP contribution is -2.32. The third-order valence-corrected chi connectivity index (χ3v) is 4.31. The first-order valence-corrected chi connectivity index (χ1v) is 8.19. The average Bonchev–Trinajstić information content (AvgIpc) is 3.00. The van der Waals surface area contributed by atoms with E-state index in [2.05, 4.69) is 19.9 Å². The van der Waals surface area contributed by atoms with Crippen LogP contribution < -0.4 is 10.1 Å². The number of methoxy groups -OCH3 is 1. The van der Waals surface area contributed by atoms with Crippen molar-refractivity contribution in [2.45, 2.75) is 19.2 Å². The summed E-state index contributed by atoms with van der Waals surface area (Å²) in [5.41, 5.74) is 2.51. The lowest BCUT2D eigenvalue weighted by molar-refractivity contribution is 0.0563. The Morgan fingerprint density at radius 3 is 3.12 bits per heavy atom. The normalized spacial score (nSPS) is 16.8. The molecule has 0 spiro atoms. The van der Waals surface area contributed by atoms with Gasteiger partial charge in [0.05, 0.1) is 36.5 Å². The van der Waals surface area contributed by atoms with Crippen molar-refractivity contribution in [2.24, 2.45) is 0 Å². The molecule has 130 valence electrons. The van der Waals surface area contributed by atoms with E-state index in [1.165, 1.54) is 12.1 Å². The summed E-state index contributed by atoms with van der Waals surface area (Å²) in [5, 5.41) is 3.41. The van der Waals surface area contributed by atoms with Gasteiger partial charge in [0, 0.05) is 25.2 Å². The fraction of sp³-hybridized carbons (Fsp3) is 0.333. The van der Waals surface area contributed by atoms with Crippen LogP contribution in [0.25, 0.3) is 11.0 Å². The molecule has 0 saturated heterocycles. The minimum absolute atomic E-state index is 0.102. The quantitative estimate of drug-likeness (QED) is 0.772. The first-order valence-electron chi connectivity index (χ1n) is 8.19. The Kier molecular flexibility index (Phi) is 4.33. The molecule has 1 atom stereocenters. The molecule has 0 fully saturated rings. The molecule has 0 saturated carbocycles. The molecule has 1 N–H and O–H groups in total. The number of nitrogens with zero attached hydrogens (tertiary/aromatic N) is 3. The van der Waals surface area contributed by atoms with Gasteiger partial charge in [-0.2, -0.15) is 0 Å². The number of aromatic nitrogens is 3. The molecule has 0 aliphatic carbocycles. The molecule has 1 aliphatic rings. The van der Waals surface area contributed by atoms with Gasteiger partial charge in [-0.15, -0.1) is 0 Å². The fourth-order valence-corrected chi connectivity index (χ4v) is 3.18. The smallest absolute Gasteiger partial charge is 0.213 e. The minimum Gasteiger partial charge on any atom is -0.481 e. The fourth-order valence-electron chi connectivity index (χ4n) is 3.18. The van der Waals surface area contributed by atoms with E-state index >= 15 is 0 Å². The molecule has 1 aromatic carbocycles. The molecule has 0 radical (unpaired) electrons. The summed E-state index contributed by atoms with van der Waals surface area (Å²) in [7, 11) is 1.60. The molecule has 0 bridgehead atoms. The van der Waals surface area contributed by atoms with Crippen molar-refractivity contribution in [3.05, 3.63) is 53.7 Å². The molecule has 1 aliphatic heterocycles. The Bertz CT molecular complexity index is 896. The van der Waals surface area contributed by atoms with Gasteiger partial charge in [-0.25, -0.2) is 14.4 Å². The minimum atomic E-state index is -0.275. The number of ether oxygens (including phenoxy) is 2. The number of imidazole rings is 1. The van der Waals surface area contributed by atoms with Gasteiger partial charge in [-0.3, -0.25) is 0 Å². The molecule has 3 heterocycles. The molecule has 0 unspecified atom stereocenters. The molecule has 6 nitrogen and oxygen atoms in total. The Balaban J connectivity index is 1.50. The standard InChI is InChI=1S/C18H19FN4O2/c1-24-18-4-2-3-13(21-18)8-20-9-14-10-25-11-17-22-15-7-12(19)5-6-16(15)23(14)17/h2-7,14,20H,8-11H2,1H3/t14-/m0/s1. The molecule has 2 aromatic heterocycles. The van der Waals surface area contributed by atoms with Crippen LogP contribution in [0.1, 0.15) is 17.6 Å². The molecular weight excluding hydrogens is 323 g/mol. The van der Waals surface area contributed by atoms with E-state index in [-0.39, 0.29) is 11.9 Å². The van der Waals surface area contributed by atoms with Crippen LogP contribution in [0, 0.1) is 5.82 Å². The molecule has 4 rings (SSSR count). The number of hydrogen-bond donors (Lipinski definition) is 1. The van der Waals surface area contributed by atoms with E-state index in [4.69, 9.17) is 9.47 Å². The van der Waals surface area contributed by atoms with Crippen molar-refractivity contribution in [2.75, 3.05) is 20.3 Å². The van der Waals surface area contributed by atoms with Gasteiger partial charge in [-0.1, -0.05) is 6.07 Å². The monoisotopic (exact) mass is 342 g/mol. The first-order chi connectivity index (χ1) is 12.2. The number of nitrogens with one attached hydrogen (secondary N) is 1. The zero-order valence-electron chi connectivity index (χ0n) is 13.9.